The molecule has 1 unspecified atom stereocenters. The summed E-state index contributed by atoms with van der Waals surface area (Å²) in [4.78, 5) is 16.6. The van der Waals surface area contributed by atoms with Crippen LogP contribution in [0.1, 0.15) is 21.6 Å². The molecule has 1 atom stereocenters. The maximum Gasteiger partial charge on any atom is 0.343 e. The largest absolute Gasteiger partial charge is 0.465 e. The highest BCUT2D eigenvalue weighted by Crippen LogP contribution is 2.25. The zero-order valence-electron chi connectivity index (χ0n) is 12.8. The van der Waals surface area contributed by atoms with Gasteiger partial charge in [0.1, 0.15) is 18.3 Å². The highest BCUT2D eigenvalue weighted by atomic mass is 16.5. The summed E-state index contributed by atoms with van der Waals surface area (Å²) < 4.78 is 4.90. The number of rotatable bonds is 2. The first-order valence-corrected chi connectivity index (χ1v) is 7.59. The number of quaternary nitrogens is 1. The van der Waals surface area contributed by atoms with Gasteiger partial charge in [-0.25, -0.2) is 4.79 Å². The third-order valence-corrected chi connectivity index (χ3v) is 4.32. The van der Waals surface area contributed by atoms with Crippen LogP contribution in [0, 0.1) is 0 Å². The summed E-state index contributed by atoms with van der Waals surface area (Å²) in [7, 11) is 1.41. The van der Waals surface area contributed by atoms with E-state index in [1.807, 2.05) is 30.3 Å². The van der Waals surface area contributed by atoms with Crippen LogP contribution in [-0.2, 0) is 11.3 Å². The van der Waals surface area contributed by atoms with Crippen LogP contribution >= 0.6 is 0 Å². The number of ether oxygens (including phenoxy) is 1. The average molecular weight is 305 g/mol. The number of H-pyrrole nitrogens is 1. The third-order valence-electron chi connectivity index (χ3n) is 4.32. The van der Waals surface area contributed by atoms with Crippen LogP contribution in [0.4, 0.5) is 5.69 Å². The van der Waals surface area contributed by atoms with Gasteiger partial charge in [-0.2, -0.15) is 0 Å². The molecule has 2 heterocycles. The van der Waals surface area contributed by atoms with Gasteiger partial charge in [-0.15, -0.1) is 0 Å². The molecular weight excluding hydrogens is 288 g/mol. The van der Waals surface area contributed by atoms with Crippen molar-refractivity contribution in [2.75, 3.05) is 7.11 Å². The first-order chi connectivity index (χ1) is 11.3. The number of methoxy groups -OCH3 is 1. The summed E-state index contributed by atoms with van der Waals surface area (Å²) in [5.41, 5.74) is 5.10. The second-order valence-corrected chi connectivity index (χ2v) is 5.64. The van der Waals surface area contributed by atoms with Gasteiger partial charge in [0.15, 0.2) is 5.69 Å². The minimum Gasteiger partial charge on any atom is -0.465 e. The predicted molar refractivity (Wildman–Crippen MR) is 89.4 cm³/mol. The van der Waals surface area contributed by atoms with Crippen molar-refractivity contribution in [3.63, 3.8) is 0 Å². The summed E-state index contributed by atoms with van der Waals surface area (Å²) in [6, 6.07) is 15.9. The van der Waals surface area contributed by atoms with Crippen molar-refractivity contribution < 1.29 is 14.4 Å². The van der Waals surface area contributed by atoms with E-state index in [1.165, 1.54) is 23.8 Å². The van der Waals surface area contributed by atoms with Crippen molar-refractivity contribution in [2.24, 2.45) is 0 Å². The normalized spacial score (nSPS) is 16.3. The van der Waals surface area contributed by atoms with Gasteiger partial charge >= 0.3 is 5.97 Å². The molecule has 0 spiro atoms. The van der Waals surface area contributed by atoms with Crippen molar-refractivity contribution in [3.05, 3.63) is 71.6 Å². The van der Waals surface area contributed by atoms with Crippen molar-refractivity contribution in [2.45, 2.75) is 6.54 Å². The molecule has 0 radical (unpaired) electrons. The number of nitrogens with one attached hydrogen (secondary N) is 2. The van der Waals surface area contributed by atoms with Gasteiger partial charge in [0.05, 0.1) is 12.8 Å². The molecule has 0 saturated carbocycles. The fourth-order valence-corrected chi connectivity index (χ4v) is 3.22. The van der Waals surface area contributed by atoms with Crippen molar-refractivity contribution >= 4 is 28.6 Å². The Labute approximate surface area is 134 Å². The predicted octanol–water partition coefficient (Wildman–Crippen LogP) is 2.66. The molecule has 114 valence electrons. The Kier molecular flexibility index (Phi) is 3.24. The lowest BCUT2D eigenvalue weighted by molar-refractivity contribution is -0.791. The zero-order chi connectivity index (χ0) is 15.8. The highest BCUT2D eigenvalue weighted by molar-refractivity contribution is 5.94. The Balaban J connectivity index is 1.76. The lowest BCUT2D eigenvalue weighted by atomic mass is 10.1. The maximum atomic E-state index is 12.0. The molecule has 1 aliphatic rings. The number of hydrogen-bond acceptors (Lipinski definition) is 2. The van der Waals surface area contributed by atoms with E-state index in [0.717, 1.165) is 22.6 Å². The second-order valence-electron chi connectivity index (χ2n) is 5.64. The van der Waals surface area contributed by atoms with E-state index in [4.69, 9.17) is 4.74 Å². The van der Waals surface area contributed by atoms with E-state index in [-0.39, 0.29) is 5.97 Å². The molecule has 0 fully saturated rings. The molecule has 4 nitrogen and oxygen atoms in total. The number of fused-ring (bicyclic) bond motifs is 3. The van der Waals surface area contributed by atoms with E-state index in [9.17, 15) is 4.79 Å². The molecule has 1 aliphatic heterocycles. The number of carbonyl (C=O) groups excluding carboxylic acids is 1. The fraction of sp³-hybridized carbons (Fsp3) is 0.105. The molecule has 2 aromatic carbocycles. The van der Waals surface area contributed by atoms with Crippen LogP contribution in [-0.4, -0.2) is 18.1 Å². The van der Waals surface area contributed by atoms with Gasteiger partial charge in [-0.05, 0) is 12.1 Å². The minimum absolute atomic E-state index is 0.302. The summed E-state index contributed by atoms with van der Waals surface area (Å²) in [6.07, 6.45) is 4.23. The van der Waals surface area contributed by atoms with Gasteiger partial charge in [-0.3, -0.25) is 4.90 Å². The lowest BCUT2D eigenvalue weighted by Gasteiger charge is -2.19. The molecule has 23 heavy (non-hydrogen) atoms. The first kappa shape index (κ1) is 13.8. The van der Waals surface area contributed by atoms with Crippen LogP contribution in [0.5, 0.6) is 0 Å². The molecule has 2 N–H and O–H groups in total. The number of carbonyl (C=O) groups is 1. The van der Waals surface area contributed by atoms with Gasteiger partial charge < -0.3 is 9.72 Å². The van der Waals surface area contributed by atoms with E-state index in [2.05, 4.69) is 35.5 Å². The second kappa shape index (κ2) is 5.41. The Morgan fingerprint density at radius 1 is 1.13 bits per heavy atom. The summed E-state index contributed by atoms with van der Waals surface area (Å²) in [5.74, 6) is -0.302. The number of aromatic nitrogens is 1. The Bertz CT molecular complexity index is 924. The van der Waals surface area contributed by atoms with E-state index in [0.29, 0.717) is 5.56 Å². The number of para-hydroxylation sites is 2. The van der Waals surface area contributed by atoms with Crippen LogP contribution < -0.4 is 4.90 Å². The van der Waals surface area contributed by atoms with Crippen LogP contribution in [0.3, 0.4) is 0 Å². The zero-order valence-corrected chi connectivity index (χ0v) is 12.8. The first-order valence-electron chi connectivity index (χ1n) is 7.59. The smallest absolute Gasteiger partial charge is 0.343 e. The van der Waals surface area contributed by atoms with Crippen molar-refractivity contribution in [1.82, 2.24) is 4.98 Å². The molecule has 0 amide bonds. The van der Waals surface area contributed by atoms with Gasteiger partial charge in [-0.1, -0.05) is 30.3 Å². The fourth-order valence-electron chi connectivity index (χ4n) is 3.22. The quantitative estimate of drug-likeness (QED) is 0.715. The lowest BCUT2D eigenvalue weighted by Crippen LogP contribution is -3.01. The number of aromatic amines is 1. The Hall–Kier alpha value is -2.85. The molecule has 0 aliphatic carbocycles. The molecule has 1 aromatic heterocycles. The topological polar surface area (TPSA) is 46.5 Å². The van der Waals surface area contributed by atoms with Gasteiger partial charge in [0.25, 0.3) is 0 Å². The standard InChI is InChI=1S/C19H16N2O2/c1-23-19(22)15-7-3-5-9-18(15)21-11-10-14-13-6-2-4-8-16(13)20-17(14)12-21/h2-11,20H,12H2,1H3/p+1. The van der Waals surface area contributed by atoms with Gasteiger partial charge in [0, 0.05) is 28.6 Å². The minimum atomic E-state index is -0.302. The number of benzene rings is 2. The van der Waals surface area contributed by atoms with Crippen LogP contribution in [0.15, 0.2) is 54.7 Å². The molecule has 4 heteroatoms. The van der Waals surface area contributed by atoms with E-state index < -0.39 is 0 Å². The van der Waals surface area contributed by atoms with Crippen molar-refractivity contribution in [3.8, 4) is 0 Å². The summed E-state index contributed by atoms with van der Waals surface area (Å²) in [6.45, 7) is 0.772. The maximum absolute atomic E-state index is 12.0. The number of hydrogen-bond donors (Lipinski definition) is 2. The van der Waals surface area contributed by atoms with Crippen LogP contribution in [0.2, 0.25) is 0 Å². The molecule has 3 aromatic rings. The summed E-state index contributed by atoms with van der Waals surface area (Å²) >= 11 is 0. The van der Waals surface area contributed by atoms with E-state index >= 15 is 0 Å². The van der Waals surface area contributed by atoms with Crippen molar-refractivity contribution in [1.29, 1.82) is 0 Å². The van der Waals surface area contributed by atoms with E-state index in [1.54, 1.807) is 0 Å². The van der Waals surface area contributed by atoms with Gasteiger partial charge in [0.2, 0.25) is 0 Å². The SMILES string of the molecule is COC(=O)c1ccccc1[NH+]1C=Cc2c([nH]c3ccccc23)C1. The highest BCUT2D eigenvalue weighted by Gasteiger charge is 2.25. The summed E-state index contributed by atoms with van der Waals surface area (Å²) in [5, 5.41) is 1.24. The Morgan fingerprint density at radius 2 is 1.91 bits per heavy atom. The third kappa shape index (κ3) is 2.24. The average Bonchev–Trinajstić information content (AvgIpc) is 2.98. The molecular formula is C19H17N2O2+. The molecule has 4 rings (SSSR count). The molecule has 0 saturated heterocycles. The van der Waals surface area contributed by atoms with Crippen LogP contribution in [0.25, 0.3) is 17.0 Å². The molecule has 0 bridgehead atoms. The number of esters is 1. The monoisotopic (exact) mass is 305 g/mol. The Morgan fingerprint density at radius 3 is 2.78 bits per heavy atom.